The number of hydrogen-bond acceptors (Lipinski definition) is 3. The van der Waals surface area contributed by atoms with Crippen molar-refractivity contribution in [3.63, 3.8) is 0 Å². The third-order valence-corrected chi connectivity index (χ3v) is 6.09. The highest BCUT2D eigenvalue weighted by atomic mass is 35.5. The molecule has 0 N–H and O–H groups in total. The molecular weight excluding hydrogens is 349 g/mol. The smallest absolute Gasteiger partial charge is 0.325 e. The van der Waals surface area contributed by atoms with Crippen molar-refractivity contribution >= 4 is 35.7 Å². The summed E-state index contributed by atoms with van der Waals surface area (Å²) in [5, 5.41) is 0.641. The molecule has 1 aromatic rings. The number of halogens is 2. The van der Waals surface area contributed by atoms with Crippen LogP contribution in [0.3, 0.4) is 0 Å². The first-order chi connectivity index (χ1) is 11.2. The maximum Gasteiger partial charge on any atom is 0.325 e. The van der Waals surface area contributed by atoms with Gasteiger partial charge < -0.3 is 14.5 Å². The van der Waals surface area contributed by atoms with Crippen molar-refractivity contribution in [2.24, 2.45) is 5.92 Å². The molecule has 2 bridgehead atoms. The van der Waals surface area contributed by atoms with Gasteiger partial charge in [0.25, 0.3) is 0 Å². The molecule has 5 aliphatic heterocycles. The summed E-state index contributed by atoms with van der Waals surface area (Å²) in [6.45, 7) is 4.74. The summed E-state index contributed by atoms with van der Waals surface area (Å²) in [6.07, 6.45) is 2.44. The van der Waals surface area contributed by atoms with Crippen molar-refractivity contribution in [1.29, 1.82) is 0 Å². The highest BCUT2D eigenvalue weighted by Gasteiger charge is 2.48. The molecule has 2 amide bonds. The Balaban J connectivity index is 0.00000146. The van der Waals surface area contributed by atoms with E-state index in [9.17, 15) is 4.79 Å². The van der Waals surface area contributed by atoms with Gasteiger partial charge in [-0.1, -0.05) is 11.6 Å². The Morgan fingerprint density at radius 2 is 1.96 bits per heavy atom. The number of urea groups is 1. The Morgan fingerprint density at radius 1 is 1.17 bits per heavy atom. The van der Waals surface area contributed by atoms with Gasteiger partial charge in [0, 0.05) is 24.2 Å². The van der Waals surface area contributed by atoms with Crippen molar-refractivity contribution in [1.82, 2.24) is 9.80 Å². The number of hydrogen-bond donors (Lipinski definition) is 0. The van der Waals surface area contributed by atoms with Gasteiger partial charge in [0.15, 0.2) is 0 Å². The summed E-state index contributed by atoms with van der Waals surface area (Å²) >= 11 is 6.14. The average Bonchev–Trinajstić information content (AvgIpc) is 2.93. The molecule has 0 radical (unpaired) electrons. The van der Waals surface area contributed by atoms with Crippen LogP contribution in [0, 0.1) is 5.92 Å². The summed E-state index contributed by atoms with van der Waals surface area (Å²) in [5.74, 6) is 1.42. The zero-order chi connectivity index (χ0) is 15.6. The lowest BCUT2D eigenvalue weighted by Gasteiger charge is -2.47. The zero-order valence-electron chi connectivity index (χ0n) is 13.4. The van der Waals surface area contributed by atoms with E-state index >= 15 is 0 Å². The molecule has 4 saturated heterocycles. The van der Waals surface area contributed by atoms with E-state index in [1.807, 2.05) is 23.1 Å². The SMILES string of the molecule is Cl.O=C1N(C2CN3CCC2CC3)CC2COc3ccc(Cl)cc3N12. The van der Waals surface area contributed by atoms with Gasteiger partial charge in [-0.05, 0) is 50.0 Å². The summed E-state index contributed by atoms with van der Waals surface area (Å²) in [6, 6.07) is 6.11. The highest BCUT2D eigenvalue weighted by Crippen LogP contribution is 2.41. The first-order valence-corrected chi connectivity index (χ1v) is 8.83. The highest BCUT2D eigenvalue weighted by molar-refractivity contribution is 6.31. The number of benzene rings is 1. The Morgan fingerprint density at radius 3 is 2.67 bits per heavy atom. The molecule has 2 atom stereocenters. The number of amides is 2. The quantitative estimate of drug-likeness (QED) is 0.763. The third-order valence-electron chi connectivity index (χ3n) is 5.86. The van der Waals surface area contributed by atoms with E-state index in [1.54, 1.807) is 0 Å². The average molecular weight is 370 g/mol. The van der Waals surface area contributed by atoms with Gasteiger partial charge in [-0.2, -0.15) is 0 Å². The number of carbonyl (C=O) groups excluding carboxylic acids is 1. The number of nitrogens with zero attached hydrogens (tertiary/aromatic N) is 3. The summed E-state index contributed by atoms with van der Waals surface area (Å²) < 4.78 is 5.85. The van der Waals surface area contributed by atoms with Crippen LogP contribution in [0.5, 0.6) is 5.75 Å². The standard InChI is InChI=1S/C17H20ClN3O2.ClH/c18-12-1-2-16-14(7-12)21-13(10-23-16)8-20(17(21)22)15-9-19-5-3-11(15)4-6-19;/h1-2,7,11,13,15H,3-6,8-10H2;1H. The van der Waals surface area contributed by atoms with Crippen LogP contribution in [0.15, 0.2) is 18.2 Å². The molecule has 5 nitrogen and oxygen atoms in total. The molecule has 0 aromatic heterocycles. The van der Waals surface area contributed by atoms with E-state index in [2.05, 4.69) is 9.80 Å². The predicted octanol–water partition coefficient (Wildman–Crippen LogP) is 2.86. The van der Waals surface area contributed by atoms with Gasteiger partial charge in [-0.25, -0.2) is 4.79 Å². The summed E-state index contributed by atoms with van der Waals surface area (Å²) in [7, 11) is 0. The van der Waals surface area contributed by atoms with Gasteiger partial charge in [0.05, 0.1) is 11.7 Å². The second kappa shape index (κ2) is 5.97. The number of carbonyl (C=O) groups is 1. The molecule has 1 aromatic carbocycles. The van der Waals surface area contributed by atoms with E-state index in [4.69, 9.17) is 16.3 Å². The monoisotopic (exact) mass is 369 g/mol. The van der Waals surface area contributed by atoms with Gasteiger partial charge in [-0.3, -0.25) is 4.90 Å². The Bertz CT molecular complexity index is 663. The first-order valence-electron chi connectivity index (χ1n) is 8.45. The number of rotatable bonds is 1. The normalized spacial score (nSPS) is 33.6. The van der Waals surface area contributed by atoms with Crippen LogP contribution in [0.4, 0.5) is 10.5 Å². The fourth-order valence-electron chi connectivity index (χ4n) is 4.66. The molecule has 24 heavy (non-hydrogen) atoms. The van der Waals surface area contributed by atoms with Crippen LogP contribution < -0.4 is 9.64 Å². The topological polar surface area (TPSA) is 36.0 Å². The van der Waals surface area contributed by atoms with Gasteiger partial charge in [0.2, 0.25) is 0 Å². The largest absolute Gasteiger partial charge is 0.489 e. The maximum absolute atomic E-state index is 13.1. The third kappa shape index (κ3) is 2.37. The second-order valence-electron chi connectivity index (χ2n) is 7.09. The number of anilines is 1. The number of fused-ring (bicyclic) bond motifs is 6. The zero-order valence-corrected chi connectivity index (χ0v) is 14.9. The molecule has 5 aliphatic rings. The van der Waals surface area contributed by atoms with E-state index in [0.717, 1.165) is 24.5 Å². The molecule has 6 rings (SSSR count). The molecule has 4 fully saturated rings. The second-order valence-corrected chi connectivity index (χ2v) is 7.52. The maximum atomic E-state index is 13.1. The summed E-state index contributed by atoms with van der Waals surface area (Å²) in [4.78, 5) is 19.6. The van der Waals surface area contributed by atoms with E-state index < -0.39 is 0 Å². The molecule has 2 unspecified atom stereocenters. The Hall–Kier alpha value is -1.17. The van der Waals surface area contributed by atoms with E-state index in [1.165, 1.54) is 25.9 Å². The Kier molecular flexibility index (Phi) is 4.06. The van der Waals surface area contributed by atoms with Crippen LogP contribution in [-0.2, 0) is 0 Å². The van der Waals surface area contributed by atoms with Gasteiger partial charge in [0.1, 0.15) is 12.4 Å². The van der Waals surface area contributed by atoms with Crippen molar-refractivity contribution in [2.45, 2.75) is 24.9 Å². The lowest BCUT2D eigenvalue weighted by molar-refractivity contribution is 0.0282. The minimum Gasteiger partial charge on any atom is -0.489 e. The van der Waals surface area contributed by atoms with Crippen molar-refractivity contribution in [3.8, 4) is 5.75 Å². The minimum absolute atomic E-state index is 0. The lowest BCUT2D eigenvalue weighted by atomic mass is 9.83. The van der Waals surface area contributed by atoms with E-state index in [-0.39, 0.29) is 24.5 Å². The number of ether oxygens (including phenoxy) is 1. The molecule has 5 heterocycles. The molecule has 0 spiro atoms. The Labute approximate surface area is 152 Å². The fraction of sp³-hybridized carbons (Fsp3) is 0.588. The van der Waals surface area contributed by atoms with Crippen molar-refractivity contribution in [2.75, 3.05) is 37.7 Å². The number of piperidine rings is 3. The van der Waals surface area contributed by atoms with Gasteiger partial charge >= 0.3 is 6.03 Å². The molecular formula is C17H21Cl2N3O2. The molecule has 0 aliphatic carbocycles. The summed E-state index contributed by atoms with van der Waals surface area (Å²) in [5.41, 5.74) is 0.822. The van der Waals surface area contributed by atoms with Crippen LogP contribution in [0.2, 0.25) is 5.02 Å². The van der Waals surface area contributed by atoms with Crippen LogP contribution >= 0.6 is 24.0 Å². The first kappa shape index (κ1) is 16.3. The van der Waals surface area contributed by atoms with Crippen LogP contribution in [0.1, 0.15) is 12.8 Å². The predicted molar refractivity (Wildman–Crippen MR) is 95.5 cm³/mol. The van der Waals surface area contributed by atoms with E-state index in [0.29, 0.717) is 23.6 Å². The van der Waals surface area contributed by atoms with Crippen LogP contribution in [-0.4, -0.2) is 60.7 Å². The molecule has 130 valence electrons. The molecule has 0 saturated carbocycles. The van der Waals surface area contributed by atoms with Crippen molar-refractivity contribution < 1.29 is 9.53 Å². The minimum atomic E-state index is 0. The molecule has 7 heteroatoms. The lowest BCUT2D eigenvalue weighted by Crippen LogP contribution is -2.58. The van der Waals surface area contributed by atoms with Crippen LogP contribution in [0.25, 0.3) is 0 Å². The van der Waals surface area contributed by atoms with Gasteiger partial charge in [-0.15, -0.1) is 12.4 Å². The fourth-order valence-corrected chi connectivity index (χ4v) is 4.83. The van der Waals surface area contributed by atoms with Crippen molar-refractivity contribution in [3.05, 3.63) is 23.2 Å².